The van der Waals surface area contributed by atoms with Crippen LogP contribution in [0.1, 0.15) is 33.3 Å². The molecule has 0 aliphatic rings. The summed E-state index contributed by atoms with van der Waals surface area (Å²) in [7, 11) is -7.62. The number of sulfonamides is 2. The summed E-state index contributed by atoms with van der Waals surface area (Å²) >= 11 is 0. The molecule has 0 saturated carbocycles. The monoisotopic (exact) mass is 377 g/mol. The third-order valence-corrected chi connectivity index (χ3v) is 8.11. The van der Waals surface area contributed by atoms with E-state index in [2.05, 4.69) is 0 Å². The van der Waals surface area contributed by atoms with E-state index in [1.807, 2.05) is 0 Å². The van der Waals surface area contributed by atoms with Crippen LogP contribution in [0.5, 0.6) is 0 Å². The van der Waals surface area contributed by atoms with Gasteiger partial charge in [-0.2, -0.15) is 8.61 Å². The third-order valence-electron chi connectivity index (χ3n) is 3.99. The number of rotatable bonds is 8. The molecule has 0 heterocycles. The van der Waals surface area contributed by atoms with Gasteiger partial charge in [-0.25, -0.2) is 16.8 Å². The van der Waals surface area contributed by atoms with E-state index < -0.39 is 20.0 Å². The standard InChI is InChI=1S/C15H27N3O4S2/c1-6-17(7-2)23(19,20)13-10-12(5)15(16)14(11-13)24(21,22)18(8-3)9-4/h10-11H,6-9,16H2,1-5H3. The molecule has 0 fully saturated rings. The van der Waals surface area contributed by atoms with Crippen LogP contribution in [0.3, 0.4) is 0 Å². The van der Waals surface area contributed by atoms with Crippen LogP contribution >= 0.6 is 0 Å². The summed E-state index contributed by atoms with van der Waals surface area (Å²) < 4.78 is 53.6. The van der Waals surface area contributed by atoms with Crippen molar-refractivity contribution in [3.8, 4) is 0 Å². The van der Waals surface area contributed by atoms with Gasteiger partial charge in [0.2, 0.25) is 20.0 Å². The molecule has 0 spiro atoms. The van der Waals surface area contributed by atoms with Crippen LogP contribution in [-0.4, -0.2) is 51.6 Å². The maximum absolute atomic E-state index is 12.8. The number of nitrogen functional groups attached to an aromatic ring is 1. The van der Waals surface area contributed by atoms with Gasteiger partial charge in [0.05, 0.1) is 10.6 Å². The van der Waals surface area contributed by atoms with E-state index in [0.29, 0.717) is 18.7 Å². The smallest absolute Gasteiger partial charge is 0.245 e. The molecule has 138 valence electrons. The van der Waals surface area contributed by atoms with Crippen LogP contribution in [0.25, 0.3) is 0 Å². The van der Waals surface area contributed by atoms with Gasteiger partial charge in [-0.15, -0.1) is 0 Å². The molecular formula is C15H27N3O4S2. The van der Waals surface area contributed by atoms with Crippen LogP contribution < -0.4 is 5.73 Å². The number of hydrogen-bond donors (Lipinski definition) is 1. The SMILES string of the molecule is CCN(CC)S(=O)(=O)c1cc(C)c(N)c(S(=O)(=O)N(CC)CC)c1. The molecule has 2 N–H and O–H groups in total. The molecule has 0 unspecified atom stereocenters. The average Bonchev–Trinajstić information content (AvgIpc) is 2.51. The first kappa shape index (κ1) is 20.9. The summed E-state index contributed by atoms with van der Waals surface area (Å²) in [6.07, 6.45) is 0. The lowest BCUT2D eigenvalue weighted by atomic mass is 10.2. The first-order valence-corrected chi connectivity index (χ1v) is 10.9. The van der Waals surface area contributed by atoms with Gasteiger partial charge in [-0.05, 0) is 24.6 Å². The van der Waals surface area contributed by atoms with Gasteiger partial charge in [0.1, 0.15) is 4.90 Å². The van der Waals surface area contributed by atoms with Crippen LogP contribution in [0.4, 0.5) is 5.69 Å². The minimum atomic E-state index is -3.85. The summed E-state index contributed by atoms with van der Waals surface area (Å²) in [6, 6.07) is 2.59. The number of benzene rings is 1. The van der Waals surface area contributed by atoms with Crippen molar-refractivity contribution < 1.29 is 16.8 Å². The fourth-order valence-corrected chi connectivity index (χ4v) is 5.83. The molecule has 0 aliphatic heterocycles. The second-order valence-corrected chi connectivity index (χ2v) is 9.17. The largest absolute Gasteiger partial charge is 0.397 e. The Morgan fingerprint density at radius 2 is 1.25 bits per heavy atom. The van der Waals surface area contributed by atoms with Gasteiger partial charge in [-0.3, -0.25) is 0 Å². The zero-order valence-corrected chi connectivity index (χ0v) is 16.5. The number of nitrogens with zero attached hydrogens (tertiary/aromatic N) is 2. The Bertz CT molecular complexity index is 781. The Kier molecular flexibility index (Phi) is 6.80. The van der Waals surface area contributed by atoms with Crippen molar-refractivity contribution >= 4 is 25.7 Å². The molecule has 0 aromatic heterocycles. The van der Waals surface area contributed by atoms with E-state index in [-0.39, 0.29) is 28.6 Å². The molecule has 9 heteroatoms. The van der Waals surface area contributed by atoms with Gasteiger partial charge >= 0.3 is 0 Å². The van der Waals surface area contributed by atoms with Gasteiger partial charge in [0.15, 0.2) is 0 Å². The summed E-state index contributed by atoms with van der Waals surface area (Å²) in [5.74, 6) is 0. The quantitative estimate of drug-likeness (QED) is 0.694. The predicted octanol–water partition coefficient (Wildman–Crippen LogP) is 1.64. The highest BCUT2D eigenvalue weighted by atomic mass is 32.2. The van der Waals surface area contributed by atoms with Crippen molar-refractivity contribution in [3.05, 3.63) is 17.7 Å². The molecule has 1 aromatic rings. The van der Waals surface area contributed by atoms with Crippen LogP contribution in [0, 0.1) is 6.92 Å². The van der Waals surface area contributed by atoms with Gasteiger partial charge < -0.3 is 5.73 Å². The van der Waals surface area contributed by atoms with Crippen LogP contribution in [0.2, 0.25) is 0 Å². The van der Waals surface area contributed by atoms with Crippen molar-refractivity contribution in [2.45, 2.75) is 44.4 Å². The molecule has 0 saturated heterocycles. The van der Waals surface area contributed by atoms with E-state index in [4.69, 9.17) is 5.73 Å². The van der Waals surface area contributed by atoms with Crippen LogP contribution in [0.15, 0.2) is 21.9 Å². The normalized spacial score (nSPS) is 13.0. The van der Waals surface area contributed by atoms with E-state index in [0.717, 1.165) is 0 Å². The van der Waals surface area contributed by atoms with Crippen LogP contribution in [-0.2, 0) is 20.0 Å². The molecule has 0 atom stereocenters. The highest BCUT2D eigenvalue weighted by molar-refractivity contribution is 7.90. The van der Waals surface area contributed by atoms with Crippen molar-refractivity contribution in [2.24, 2.45) is 0 Å². The van der Waals surface area contributed by atoms with E-state index in [1.54, 1.807) is 34.6 Å². The molecule has 0 aliphatic carbocycles. The van der Waals surface area contributed by atoms with E-state index >= 15 is 0 Å². The maximum Gasteiger partial charge on any atom is 0.245 e. The zero-order valence-electron chi connectivity index (χ0n) is 14.9. The zero-order chi connectivity index (χ0) is 18.7. The first-order valence-electron chi connectivity index (χ1n) is 7.98. The lowest BCUT2D eigenvalue weighted by molar-refractivity contribution is 0.443. The number of hydrogen-bond acceptors (Lipinski definition) is 5. The summed E-state index contributed by atoms with van der Waals surface area (Å²) in [6.45, 7) is 9.70. The number of anilines is 1. The number of nitrogens with two attached hydrogens (primary N) is 1. The first-order chi connectivity index (χ1) is 11.1. The Morgan fingerprint density at radius 1 is 0.833 bits per heavy atom. The fraction of sp³-hybridized carbons (Fsp3) is 0.600. The van der Waals surface area contributed by atoms with E-state index in [9.17, 15) is 16.8 Å². The highest BCUT2D eigenvalue weighted by Crippen LogP contribution is 2.30. The molecule has 0 radical (unpaired) electrons. The van der Waals surface area contributed by atoms with Gasteiger partial charge in [0.25, 0.3) is 0 Å². The molecule has 7 nitrogen and oxygen atoms in total. The Morgan fingerprint density at radius 3 is 1.67 bits per heavy atom. The van der Waals surface area contributed by atoms with Crippen molar-refractivity contribution in [1.29, 1.82) is 0 Å². The molecule has 24 heavy (non-hydrogen) atoms. The minimum Gasteiger partial charge on any atom is -0.397 e. The number of aryl methyl sites for hydroxylation is 1. The summed E-state index contributed by atoms with van der Waals surface area (Å²) in [4.78, 5) is -0.208. The molecule has 1 rings (SSSR count). The average molecular weight is 378 g/mol. The maximum atomic E-state index is 12.8. The fourth-order valence-electron chi connectivity index (χ4n) is 2.51. The molecule has 1 aromatic carbocycles. The second kappa shape index (κ2) is 7.81. The molecular weight excluding hydrogens is 350 g/mol. The third kappa shape index (κ3) is 3.74. The Hall–Kier alpha value is -1.16. The van der Waals surface area contributed by atoms with E-state index in [1.165, 1.54) is 20.7 Å². The topological polar surface area (TPSA) is 101 Å². The molecule has 0 bridgehead atoms. The Labute approximate surface area is 145 Å². The van der Waals surface area contributed by atoms with Crippen molar-refractivity contribution in [1.82, 2.24) is 8.61 Å². The van der Waals surface area contributed by atoms with Gasteiger partial charge in [0, 0.05) is 26.2 Å². The van der Waals surface area contributed by atoms with Crippen molar-refractivity contribution in [3.63, 3.8) is 0 Å². The van der Waals surface area contributed by atoms with Gasteiger partial charge in [-0.1, -0.05) is 27.7 Å². The lowest BCUT2D eigenvalue weighted by Crippen LogP contribution is -2.33. The Balaban J connectivity index is 3.66. The highest BCUT2D eigenvalue weighted by Gasteiger charge is 2.29. The summed E-state index contributed by atoms with van der Waals surface area (Å²) in [5, 5.41) is 0. The minimum absolute atomic E-state index is 0.0522. The van der Waals surface area contributed by atoms with Crippen molar-refractivity contribution in [2.75, 3.05) is 31.9 Å². The molecule has 0 amide bonds. The second-order valence-electron chi connectivity index (χ2n) is 5.33. The summed E-state index contributed by atoms with van der Waals surface area (Å²) in [5.41, 5.74) is 6.46. The lowest BCUT2D eigenvalue weighted by Gasteiger charge is -2.23. The predicted molar refractivity (Wildman–Crippen MR) is 95.8 cm³/mol.